The second kappa shape index (κ2) is 5.48. The van der Waals surface area contributed by atoms with E-state index in [9.17, 15) is 29.7 Å². The molecule has 3 N–H and O–H groups in total. The van der Waals surface area contributed by atoms with Crippen LogP contribution in [0.15, 0.2) is 24.3 Å². The van der Waals surface area contributed by atoms with Crippen LogP contribution in [0.3, 0.4) is 0 Å². The van der Waals surface area contributed by atoms with Crippen LogP contribution in [-0.2, 0) is 6.42 Å². The molecule has 0 amide bonds. The number of aliphatic hydroxyl groups excluding tert-OH is 1. The highest BCUT2D eigenvalue weighted by atomic mass is 16.5. The number of methoxy groups -OCH3 is 1. The van der Waals surface area contributed by atoms with Crippen molar-refractivity contribution in [2.45, 2.75) is 25.0 Å². The molecule has 0 radical (unpaired) electrons. The van der Waals surface area contributed by atoms with Gasteiger partial charge in [0.15, 0.2) is 17.3 Å². The largest absolute Gasteiger partial charge is 0.507 e. The highest BCUT2D eigenvalue weighted by molar-refractivity contribution is 6.32. The first-order valence-electron chi connectivity index (χ1n) is 8.29. The maximum atomic E-state index is 13.1. The number of carbonyl (C=O) groups excluding carboxylic acids is 3. The van der Waals surface area contributed by atoms with Crippen LogP contribution in [-0.4, -0.2) is 51.5 Å². The van der Waals surface area contributed by atoms with E-state index in [2.05, 4.69) is 0 Å². The van der Waals surface area contributed by atoms with Gasteiger partial charge in [-0.2, -0.15) is 0 Å². The Morgan fingerprint density at radius 2 is 1.74 bits per heavy atom. The average molecular weight is 368 g/mol. The van der Waals surface area contributed by atoms with Crippen molar-refractivity contribution < 1.29 is 34.4 Å². The molecule has 7 nitrogen and oxygen atoms in total. The minimum Gasteiger partial charge on any atom is -0.507 e. The maximum absolute atomic E-state index is 13.1. The molecule has 2 atom stereocenters. The van der Waals surface area contributed by atoms with Crippen molar-refractivity contribution in [1.82, 2.24) is 0 Å². The molecule has 138 valence electrons. The molecule has 4 rings (SSSR count). The number of fused-ring (bicyclic) bond motifs is 4. The Hall–Kier alpha value is -3.03. The number of benzene rings is 2. The number of aromatic hydroxyl groups is 1. The molecule has 27 heavy (non-hydrogen) atoms. The van der Waals surface area contributed by atoms with Gasteiger partial charge < -0.3 is 20.1 Å². The van der Waals surface area contributed by atoms with E-state index < -0.39 is 29.1 Å². The van der Waals surface area contributed by atoms with Crippen molar-refractivity contribution in [3.63, 3.8) is 0 Å². The molecule has 7 heteroatoms. The molecule has 0 saturated heterocycles. The smallest absolute Gasteiger partial charge is 0.198 e. The number of carbonyl (C=O) groups is 3. The summed E-state index contributed by atoms with van der Waals surface area (Å²) in [5.41, 5.74) is -1.94. The van der Waals surface area contributed by atoms with Gasteiger partial charge in [-0.05, 0) is 19.1 Å². The Bertz CT molecular complexity index is 1050. The quantitative estimate of drug-likeness (QED) is 0.586. The van der Waals surface area contributed by atoms with Gasteiger partial charge in [-0.25, -0.2) is 0 Å². The van der Waals surface area contributed by atoms with E-state index in [0.29, 0.717) is 0 Å². The van der Waals surface area contributed by atoms with Crippen LogP contribution in [0, 0.1) is 0 Å². The van der Waals surface area contributed by atoms with Crippen molar-refractivity contribution in [3.05, 3.63) is 57.6 Å². The van der Waals surface area contributed by atoms with Gasteiger partial charge in [0.1, 0.15) is 17.6 Å². The molecule has 2 aromatic carbocycles. The van der Waals surface area contributed by atoms with E-state index in [1.807, 2.05) is 0 Å². The monoisotopic (exact) mass is 368 g/mol. The molecular weight excluding hydrogens is 352 g/mol. The second-order valence-corrected chi connectivity index (χ2v) is 7.01. The first kappa shape index (κ1) is 17.4. The van der Waals surface area contributed by atoms with E-state index >= 15 is 0 Å². The summed E-state index contributed by atoms with van der Waals surface area (Å²) in [5.74, 6) is -2.23. The molecule has 0 aliphatic heterocycles. The van der Waals surface area contributed by atoms with Crippen molar-refractivity contribution >= 4 is 17.3 Å². The highest BCUT2D eigenvalue weighted by Gasteiger charge is 2.47. The first-order valence-corrected chi connectivity index (χ1v) is 8.29. The number of hydrogen-bond donors (Lipinski definition) is 3. The van der Waals surface area contributed by atoms with Crippen molar-refractivity contribution in [2.75, 3.05) is 7.11 Å². The maximum Gasteiger partial charge on any atom is 0.198 e. The summed E-state index contributed by atoms with van der Waals surface area (Å²) in [4.78, 5) is 38.9. The zero-order valence-corrected chi connectivity index (χ0v) is 14.6. The Morgan fingerprint density at radius 3 is 2.41 bits per heavy atom. The summed E-state index contributed by atoms with van der Waals surface area (Å²) in [6, 6.07) is 5.47. The number of phenolic OH excluding ortho intramolecular Hbond substituents is 1. The van der Waals surface area contributed by atoms with Crippen LogP contribution in [0.4, 0.5) is 0 Å². The predicted molar refractivity (Wildman–Crippen MR) is 92.6 cm³/mol. The van der Waals surface area contributed by atoms with Crippen molar-refractivity contribution in [2.24, 2.45) is 0 Å². The third-order valence-electron chi connectivity index (χ3n) is 5.22. The van der Waals surface area contributed by atoms with Gasteiger partial charge in [-0.3, -0.25) is 14.4 Å². The van der Waals surface area contributed by atoms with Crippen LogP contribution in [0.1, 0.15) is 54.7 Å². The summed E-state index contributed by atoms with van der Waals surface area (Å²) in [6.07, 6.45) is -1.87. The molecule has 0 bridgehead atoms. The lowest BCUT2D eigenvalue weighted by Crippen LogP contribution is -2.51. The standard InChI is InChI=1S/C20H16O7/c1-20(26)7-10-12(27-2)6-9-14(15(10)18(24)19(20)25)16(22)8-4-3-5-11(21)13(8)17(9)23/h3-6,19,21,25-26H,7H2,1-2H3/t19-,20+/m0/s1. The van der Waals surface area contributed by atoms with Gasteiger partial charge in [0.25, 0.3) is 0 Å². The van der Waals surface area contributed by atoms with Gasteiger partial charge in [0.05, 0.1) is 18.3 Å². The lowest BCUT2D eigenvalue weighted by atomic mass is 9.72. The van der Waals surface area contributed by atoms with Gasteiger partial charge >= 0.3 is 0 Å². The zero-order chi connectivity index (χ0) is 19.7. The fourth-order valence-corrected chi connectivity index (χ4v) is 3.85. The predicted octanol–water partition coefficient (Wildman–Crippen LogP) is 1.03. The summed E-state index contributed by atoms with van der Waals surface area (Å²) in [7, 11) is 1.34. The van der Waals surface area contributed by atoms with E-state index in [-0.39, 0.29) is 51.3 Å². The minimum atomic E-state index is -1.74. The van der Waals surface area contributed by atoms with E-state index in [1.54, 1.807) is 0 Å². The molecule has 0 fully saturated rings. The molecule has 0 unspecified atom stereocenters. The Morgan fingerprint density at radius 1 is 1.07 bits per heavy atom. The lowest BCUT2D eigenvalue weighted by Gasteiger charge is -2.36. The molecule has 2 aromatic rings. The van der Waals surface area contributed by atoms with Gasteiger partial charge in [-0.15, -0.1) is 0 Å². The third-order valence-corrected chi connectivity index (χ3v) is 5.22. The number of ketones is 3. The minimum absolute atomic E-state index is 0.0144. The fourth-order valence-electron chi connectivity index (χ4n) is 3.85. The first-order chi connectivity index (χ1) is 12.7. The summed E-state index contributed by atoms with van der Waals surface area (Å²) < 4.78 is 5.29. The second-order valence-electron chi connectivity index (χ2n) is 7.01. The molecule has 0 spiro atoms. The molecule has 2 aliphatic rings. The number of hydrogen-bond acceptors (Lipinski definition) is 7. The Balaban J connectivity index is 2.09. The number of Topliss-reactive ketones (excluding diaryl/α,β-unsaturated/α-hetero) is 1. The molecule has 0 heterocycles. The third kappa shape index (κ3) is 2.19. The van der Waals surface area contributed by atoms with Crippen LogP contribution in [0.2, 0.25) is 0 Å². The number of rotatable bonds is 1. The van der Waals surface area contributed by atoms with Crippen molar-refractivity contribution in [1.29, 1.82) is 0 Å². The lowest BCUT2D eigenvalue weighted by molar-refractivity contribution is -0.0492. The van der Waals surface area contributed by atoms with Crippen LogP contribution in [0.25, 0.3) is 0 Å². The molecule has 2 aliphatic carbocycles. The van der Waals surface area contributed by atoms with Crippen LogP contribution >= 0.6 is 0 Å². The topological polar surface area (TPSA) is 121 Å². The van der Waals surface area contributed by atoms with E-state index in [1.165, 1.54) is 38.3 Å². The summed E-state index contributed by atoms with van der Waals surface area (Å²) in [6.45, 7) is 1.32. The molecule has 0 aromatic heterocycles. The number of phenols is 1. The molecule has 0 saturated carbocycles. The normalized spacial score (nSPS) is 23.6. The fraction of sp³-hybridized carbons (Fsp3) is 0.250. The Kier molecular flexibility index (Phi) is 3.53. The average Bonchev–Trinajstić information content (AvgIpc) is 2.62. The summed E-state index contributed by atoms with van der Waals surface area (Å²) in [5, 5.41) is 30.7. The molecular formula is C20H16O7. The van der Waals surface area contributed by atoms with Gasteiger partial charge in [-0.1, -0.05) is 12.1 Å². The number of ether oxygens (including phenoxy) is 1. The highest BCUT2D eigenvalue weighted by Crippen LogP contribution is 2.42. The van der Waals surface area contributed by atoms with Gasteiger partial charge in [0, 0.05) is 34.2 Å². The van der Waals surface area contributed by atoms with Crippen LogP contribution in [0.5, 0.6) is 11.5 Å². The SMILES string of the molecule is COc1cc2c(c3c1C[C@@](C)(O)[C@@H](O)C3=O)C(=O)c1cccc(O)c1C2=O. The van der Waals surface area contributed by atoms with Crippen LogP contribution < -0.4 is 4.74 Å². The zero-order valence-electron chi connectivity index (χ0n) is 14.6. The van der Waals surface area contributed by atoms with Gasteiger partial charge in [0.2, 0.25) is 0 Å². The summed E-state index contributed by atoms with van der Waals surface area (Å²) >= 11 is 0. The van der Waals surface area contributed by atoms with E-state index in [4.69, 9.17) is 4.74 Å². The number of aliphatic hydroxyl groups is 2. The van der Waals surface area contributed by atoms with Crippen molar-refractivity contribution in [3.8, 4) is 11.5 Å². The van der Waals surface area contributed by atoms with E-state index in [0.717, 1.165) is 0 Å². The Labute approximate surface area is 153 Å².